The summed E-state index contributed by atoms with van der Waals surface area (Å²) in [6.07, 6.45) is -0.502. The molecule has 0 unspecified atom stereocenters. The average Bonchev–Trinajstić information content (AvgIpc) is 2.49. The first-order valence-corrected chi connectivity index (χ1v) is 7.50. The minimum absolute atomic E-state index is 0.502. The first kappa shape index (κ1) is 16.1. The second kappa shape index (κ2) is 7.64. The van der Waals surface area contributed by atoms with E-state index in [-0.39, 0.29) is 0 Å². The lowest BCUT2D eigenvalue weighted by Gasteiger charge is -2.32. The molecule has 5 nitrogen and oxygen atoms in total. The molecule has 0 radical (unpaired) electrons. The second-order valence-electron chi connectivity index (χ2n) is 5.58. The van der Waals surface area contributed by atoms with Crippen LogP contribution in [0.15, 0.2) is 18.2 Å². The summed E-state index contributed by atoms with van der Waals surface area (Å²) in [5.74, 6) is 1.41. The average molecular weight is 294 g/mol. The molecule has 118 valence electrons. The topological polar surface area (TPSA) is 45.2 Å². The van der Waals surface area contributed by atoms with Gasteiger partial charge in [0, 0.05) is 32.7 Å². The number of hydrogen-bond acceptors (Lipinski definition) is 5. The highest BCUT2D eigenvalue weighted by molar-refractivity contribution is 5.43. The van der Waals surface area contributed by atoms with Gasteiger partial charge in [0.1, 0.15) is 6.61 Å². The van der Waals surface area contributed by atoms with Crippen LogP contribution in [0.25, 0.3) is 0 Å². The number of ether oxygens (including phenoxy) is 2. The number of rotatable bonds is 6. The van der Waals surface area contributed by atoms with Crippen LogP contribution >= 0.6 is 0 Å². The number of aliphatic hydroxyl groups excluding tert-OH is 1. The molecule has 0 aromatic heterocycles. The maximum Gasteiger partial charge on any atom is 0.161 e. The van der Waals surface area contributed by atoms with Crippen LogP contribution in [0.4, 0.5) is 0 Å². The predicted molar refractivity (Wildman–Crippen MR) is 83.1 cm³/mol. The van der Waals surface area contributed by atoms with Gasteiger partial charge in [-0.25, -0.2) is 0 Å². The third kappa shape index (κ3) is 4.59. The Bertz CT molecular complexity index is 443. The van der Waals surface area contributed by atoms with Crippen molar-refractivity contribution in [1.29, 1.82) is 0 Å². The van der Waals surface area contributed by atoms with Gasteiger partial charge < -0.3 is 19.5 Å². The highest BCUT2D eigenvalue weighted by atomic mass is 16.5. The largest absolute Gasteiger partial charge is 0.493 e. The number of piperazine rings is 1. The summed E-state index contributed by atoms with van der Waals surface area (Å²) in [5.41, 5.74) is 0.832. The Morgan fingerprint density at radius 3 is 2.52 bits per heavy atom. The second-order valence-corrected chi connectivity index (χ2v) is 5.58. The van der Waals surface area contributed by atoms with E-state index in [0.717, 1.165) is 44.0 Å². The number of nitrogens with zero attached hydrogens (tertiary/aromatic N) is 2. The lowest BCUT2D eigenvalue weighted by molar-refractivity contribution is 0.132. The molecular weight excluding hydrogens is 268 g/mol. The van der Waals surface area contributed by atoms with E-state index in [1.807, 2.05) is 18.2 Å². The van der Waals surface area contributed by atoms with Gasteiger partial charge in [0.05, 0.1) is 13.2 Å². The fourth-order valence-corrected chi connectivity index (χ4v) is 2.42. The van der Waals surface area contributed by atoms with E-state index < -0.39 is 6.10 Å². The quantitative estimate of drug-likeness (QED) is 0.858. The SMILES string of the molecule is COc1cc([C@@H](C)O)ccc1OCCN1CCN(C)CC1. The van der Waals surface area contributed by atoms with E-state index in [1.54, 1.807) is 14.0 Å². The summed E-state index contributed by atoms with van der Waals surface area (Å²) >= 11 is 0. The molecule has 0 amide bonds. The monoisotopic (exact) mass is 294 g/mol. The molecule has 1 aromatic carbocycles. The Labute approximate surface area is 127 Å². The minimum atomic E-state index is -0.502. The molecule has 1 heterocycles. The van der Waals surface area contributed by atoms with Crippen LogP contribution in [0.1, 0.15) is 18.6 Å². The van der Waals surface area contributed by atoms with Gasteiger partial charge in [0.25, 0.3) is 0 Å². The van der Waals surface area contributed by atoms with E-state index in [0.29, 0.717) is 12.4 Å². The number of aliphatic hydroxyl groups is 1. The smallest absolute Gasteiger partial charge is 0.161 e. The van der Waals surface area contributed by atoms with Crippen molar-refractivity contribution >= 4 is 0 Å². The number of methoxy groups -OCH3 is 1. The summed E-state index contributed by atoms with van der Waals surface area (Å²) in [7, 11) is 3.77. The molecule has 21 heavy (non-hydrogen) atoms. The first-order valence-electron chi connectivity index (χ1n) is 7.50. The van der Waals surface area contributed by atoms with Gasteiger partial charge in [0.2, 0.25) is 0 Å². The molecule has 0 spiro atoms. The molecule has 1 saturated heterocycles. The molecule has 1 atom stereocenters. The molecule has 1 aromatic rings. The molecule has 0 aliphatic carbocycles. The standard InChI is InChI=1S/C16H26N2O3/c1-13(19)14-4-5-15(16(12-14)20-3)21-11-10-18-8-6-17(2)7-9-18/h4-5,12-13,19H,6-11H2,1-3H3/t13-/m1/s1. The van der Waals surface area contributed by atoms with Crippen molar-refractivity contribution in [2.75, 3.05) is 53.5 Å². The van der Waals surface area contributed by atoms with E-state index in [4.69, 9.17) is 9.47 Å². The summed E-state index contributed by atoms with van der Waals surface area (Å²) in [6, 6.07) is 5.57. The van der Waals surface area contributed by atoms with Crippen molar-refractivity contribution in [3.63, 3.8) is 0 Å². The Hall–Kier alpha value is -1.30. The molecule has 0 saturated carbocycles. The van der Waals surface area contributed by atoms with Crippen molar-refractivity contribution in [3.05, 3.63) is 23.8 Å². The van der Waals surface area contributed by atoms with Crippen molar-refractivity contribution in [2.24, 2.45) is 0 Å². The molecule has 0 bridgehead atoms. The van der Waals surface area contributed by atoms with E-state index in [1.165, 1.54) is 0 Å². The summed E-state index contributed by atoms with van der Waals surface area (Å²) in [4.78, 5) is 4.76. The molecule has 1 aliphatic rings. The van der Waals surface area contributed by atoms with Gasteiger partial charge in [-0.1, -0.05) is 6.07 Å². The van der Waals surface area contributed by atoms with Crippen LogP contribution in [0.3, 0.4) is 0 Å². The normalized spacial score (nSPS) is 18.5. The van der Waals surface area contributed by atoms with Crippen LogP contribution < -0.4 is 9.47 Å². The molecule has 1 aliphatic heterocycles. The van der Waals surface area contributed by atoms with Crippen molar-refractivity contribution in [2.45, 2.75) is 13.0 Å². The van der Waals surface area contributed by atoms with Crippen LogP contribution in [0.2, 0.25) is 0 Å². The maximum absolute atomic E-state index is 9.60. The highest BCUT2D eigenvalue weighted by Crippen LogP contribution is 2.30. The maximum atomic E-state index is 9.60. The summed E-state index contributed by atoms with van der Waals surface area (Å²) in [6.45, 7) is 7.74. The lowest BCUT2D eigenvalue weighted by Crippen LogP contribution is -2.45. The van der Waals surface area contributed by atoms with Crippen molar-refractivity contribution < 1.29 is 14.6 Å². The van der Waals surface area contributed by atoms with Crippen LogP contribution in [-0.2, 0) is 0 Å². The lowest BCUT2D eigenvalue weighted by atomic mass is 10.1. The third-order valence-electron chi connectivity index (χ3n) is 3.93. The van der Waals surface area contributed by atoms with Crippen molar-refractivity contribution in [1.82, 2.24) is 9.80 Å². The number of hydrogen-bond donors (Lipinski definition) is 1. The summed E-state index contributed by atoms with van der Waals surface area (Å²) in [5, 5.41) is 9.60. The third-order valence-corrected chi connectivity index (χ3v) is 3.93. The molecule has 2 rings (SSSR count). The predicted octanol–water partition coefficient (Wildman–Crippen LogP) is 1.37. The Balaban J connectivity index is 1.85. The zero-order chi connectivity index (χ0) is 15.2. The summed E-state index contributed by atoms with van der Waals surface area (Å²) < 4.78 is 11.2. The Morgan fingerprint density at radius 2 is 1.90 bits per heavy atom. The van der Waals surface area contributed by atoms with Gasteiger partial charge in [-0.2, -0.15) is 0 Å². The van der Waals surface area contributed by atoms with Gasteiger partial charge in [-0.15, -0.1) is 0 Å². The zero-order valence-corrected chi connectivity index (χ0v) is 13.2. The Kier molecular flexibility index (Phi) is 5.85. The van der Waals surface area contributed by atoms with Gasteiger partial charge in [0.15, 0.2) is 11.5 Å². The number of likely N-dealkylation sites (N-methyl/N-ethyl adjacent to an activating group) is 1. The Morgan fingerprint density at radius 1 is 1.19 bits per heavy atom. The molecule has 1 N–H and O–H groups in total. The molecule has 1 fully saturated rings. The van der Waals surface area contributed by atoms with Crippen LogP contribution in [0.5, 0.6) is 11.5 Å². The fraction of sp³-hybridized carbons (Fsp3) is 0.625. The van der Waals surface area contributed by atoms with Gasteiger partial charge >= 0.3 is 0 Å². The zero-order valence-electron chi connectivity index (χ0n) is 13.2. The van der Waals surface area contributed by atoms with E-state index in [9.17, 15) is 5.11 Å². The van der Waals surface area contributed by atoms with Crippen LogP contribution in [-0.4, -0.2) is 68.4 Å². The van der Waals surface area contributed by atoms with Crippen LogP contribution in [0, 0.1) is 0 Å². The van der Waals surface area contributed by atoms with Gasteiger partial charge in [-0.05, 0) is 31.7 Å². The molecular formula is C16H26N2O3. The van der Waals surface area contributed by atoms with E-state index in [2.05, 4.69) is 16.8 Å². The fourth-order valence-electron chi connectivity index (χ4n) is 2.42. The minimum Gasteiger partial charge on any atom is -0.493 e. The van der Waals surface area contributed by atoms with Gasteiger partial charge in [-0.3, -0.25) is 4.90 Å². The number of benzene rings is 1. The highest BCUT2D eigenvalue weighted by Gasteiger charge is 2.14. The van der Waals surface area contributed by atoms with Crippen molar-refractivity contribution in [3.8, 4) is 11.5 Å². The van der Waals surface area contributed by atoms with E-state index >= 15 is 0 Å². The molecule has 5 heteroatoms. The first-order chi connectivity index (χ1) is 10.1.